The summed E-state index contributed by atoms with van der Waals surface area (Å²) in [6.07, 6.45) is 3.47. The van der Waals surface area contributed by atoms with Gasteiger partial charge in [-0.1, -0.05) is 24.3 Å². The van der Waals surface area contributed by atoms with Crippen molar-refractivity contribution in [1.29, 1.82) is 0 Å². The van der Waals surface area contributed by atoms with Gasteiger partial charge >= 0.3 is 0 Å². The van der Waals surface area contributed by atoms with Gasteiger partial charge in [-0.2, -0.15) is 4.98 Å². The Morgan fingerprint density at radius 2 is 2.00 bits per heavy atom. The van der Waals surface area contributed by atoms with Gasteiger partial charge < -0.3 is 15.3 Å². The first-order valence-corrected chi connectivity index (χ1v) is 8.81. The minimum atomic E-state index is 0.0832. The standard InChI is InChI=1S/C19H24N4O/c1-13-10-15-4-2-3-5-16(15)12-23(13)18-11-17(14-6-7-14)21-19(22-18)20-8-9-24/h2-5,11,13-14,24H,6-10,12H2,1H3,(H,20,21,22)/t13-/m1/s1. The predicted octanol–water partition coefficient (Wildman–Crippen LogP) is 2.71. The van der Waals surface area contributed by atoms with Gasteiger partial charge in [0.15, 0.2) is 0 Å². The molecule has 4 rings (SSSR count). The SMILES string of the molecule is C[C@@H]1Cc2ccccc2CN1c1cc(C2CC2)nc(NCCO)n1. The summed E-state index contributed by atoms with van der Waals surface area (Å²) in [6, 6.07) is 11.2. The molecule has 0 saturated heterocycles. The molecule has 0 radical (unpaired) electrons. The highest BCUT2D eigenvalue weighted by Crippen LogP contribution is 2.40. The molecule has 2 heterocycles. The average Bonchev–Trinajstić information content (AvgIpc) is 3.44. The second-order valence-electron chi connectivity index (χ2n) is 6.85. The second kappa shape index (κ2) is 6.40. The van der Waals surface area contributed by atoms with Crippen LogP contribution in [0.5, 0.6) is 0 Å². The fourth-order valence-corrected chi connectivity index (χ4v) is 3.42. The van der Waals surface area contributed by atoms with Gasteiger partial charge in [0.25, 0.3) is 0 Å². The van der Waals surface area contributed by atoms with Gasteiger partial charge in [-0.05, 0) is 37.3 Å². The molecule has 2 aliphatic rings. The van der Waals surface area contributed by atoms with Crippen molar-refractivity contribution in [3.63, 3.8) is 0 Å². The topological polar surface area (TPSA) is 61.3 Å². The van der Waals surface area contributed by atoms with Gasteiger partial charge in [0.1, 0.15) is 5.82 Å². The van der Waals surface area contributed by atoms with Crippen molar-refractivity contribution in [2.45, 2.75) is 44.7 Å². The van der Waals surface area contributed by atoms with Crippen LogP contribution in [0, 0.1) is 0 Å². The number of benzene rings is 1. The maximum atomic E-state index is 9.06. The van der Waals surface area contributed by atoms with E-state index in [4.69, 9.17) is 10.1 Å². The van der Waals surface area contributed by atoms with Gasteiger partial charge in [0.2, 0.25) is 5.95 Å². The first-order valence-electron chi connectivity index (χ1n) is 8.81. The molecule has 2 N–H and O–H groups in total. The van der Waals surface area contributed by atoms with E-state index in [2.05, 4.69) is 52.5 Å². The molecule has 24 heavy (non-hydrogen) atoms. The molecular weight excluding hydrogens is 300 g/mol. The van der Waals surface area contributed by atoms with Crippen LogP contribution in [-0.4, -0.2) is 34.3 Å². The van der Waals surface area contributed by atoms with Crippen molar-refractivity contribution < 1.29 is 5.11 Å². The number of rotatable bonds is 5. The zero-order valence-corrected chi connectivity index (χ0v) is 14.1. The lowest BCUT2D eigenvalue weighted by Gasteiger charge is -2.36. The zero-order chi connectivity index (χ0) is 16.5. The molecule has 1 atom stereocenters. The predicted molar refractivity (Wildman–Crippen MR) is 95.4 cm³/mol. The van der Waals surface area contributed by atoms with Crippen molar-refractivity contribution in [3.05, 3.63) is 47.2 Å². The van der Waals surface area contributed by atoms with E-state index >= 15 is 0 Å². The molecule has 0 amide bonds. The molecule has 1 aromatic heterocycles. The summed E-state index contributed by atoms with van der Waals surface area (Å²) in [4.78, 5) is 11.7. The van der Waals surface area contributed by atoms with Crippen LogP contribution < -0.4 is 10.2 Å². The molecule has 1 saturated carbocycles. The van der Waals surface area contributed by atoms with Crippen LogP contribution in [0.25, 0.3) is 0 Å². The Kier molecular flexibility index (Phi) is 4.10. The lowest BCUT2D eigenvalue weighted by atomic mass is 9.95. The Bertz CT molecular complexity index is 729. The van der Waals surface area contributed by atoms with Crippen molar-refractivity contribution >= 4 is 11.8 Å². The van der Waals surface area contributed by atoms with E-state index in [1.807, 2.05) is 0 Å². The first-order chi connectivity index (χ1) is 11.7. The van der Waals surface area contributed by atoms with E-state index in [0.29, 0.717) is 24.5 Å². The summed E-state index contributed by atoms with van der Waals surface area (Å²) in [7, 11) is 0. The summed E-state index contributed by atoms with van der Waals surface area (Å²) in [5.74, 6) is 2.21. The number of nitrogens with one attached hydrogen (secondary N) is 1. The third kappa shape index (κ3) is 3.08. The van der Waals surface area contributed by atoms with Crippen molar-refractivity contribution in [2.24, 2.45) is 0 Å². The zero-order valence-electron chi connectivity index (χ0n) is 14.1. The van der Waals surface area contributed by atoms with Crippen molar-refractivity contribution in [2.75, 3.05) is 23.4 Å². The normalized spacial score (nSPS) is 19.9. The van der Waals surface area contributed by atoms with Crippen LogP contribution in [0.2, 0.25) is 0 Å². The minimum absolute atomic E-state index is 0.0832. The van der Waals surface area contributed by atoms with Crippen LogP contribution in [0.4, 0.5) is 11.8 Å². The van der Waals surface area contributed by atoms with Gasteiger partial charge in [0.05, 0.1) is 12.3 Å². The molecule has 1 fully saturated rings. The maximum absolute atomic E-state index is 9.06. The fourth-order valence-electron chi connectivity index (χ4n) is 3.42. The van der Waals surface area contributed by atoms with Crippen LogP contribution >= 0.6 is 0 Å². The fraction of sp³-hybridized carbons (Fsp3) is 0.474. The van der Waals surface area contributed by atoms with Crippen molar-refractivity contribution in [1.82, 2.24) is 9.97 Å². The van der Waals surface area contributed by atoms with E-state index in [1.54, 1.807) is 0 Å². The van der Waals surface area contributed by atoms with Crippen molar-refractivity contribution in [3.8, 4) is 0 Å². The minimum Gasteiger partial charge on any atom is -0.395 e. The molecular formula is C19H24N4O. The van der Waals surface area contributed by atoms with E-state index < -0.39 is 0 Å². The number of hydrogen-bond donors (Lipinski definition) is 2. The third-order valence-corrected chi connectivity index (χ3v) is 4.92. The maximum Gasteiger partial charge on any atom is 0.224 e. The molecule has 5 heteroatoms. The van der Waals surface area contributed by atoms with Gasteiger partial charge in [-0.25, -0.2) is 4.98 Å². The number of hydrogen-bond acceptors (Lipinski definition) is 5. The number of fused-ring (bicyclic) bond motifs is 1. The van der Waals surface area contributed by atoms with Crippen LogP contribution in [0.15, 0.2) is 30.3 Å². The third-order valence-electron chi connectivity index (χ3n) is 4.92. The van der Waals surface area contributed by atoms with E-state index in [9.17, 15) is 0 Å². The largest absolute Gasteiger partial charge is 0.395 e. The van der Waals surface area contributed by atoms with E-state index in [0.717, 1.165) is 24.5 Å². The summed E-state index contributed by atoms with van der Waals surface area (Å²) in [5.41, 5.74) is 3.95. The Hall–Kier alpha value is -2.14. The lowest BCUT2D eigenvalue weighted by molar-refractivity contribution is 0.311. The highest BCUT2D eigenvalue weighted by molar-refractivity contribution is 5.50. The van der Waals surface area contributed by atoms with E-state index in [-0.39, 0.29) is 6.61 Å². The van der Waals surface area contributed by atoms with Gasteiger partial charge in [0, 0.05) is 31.1 Å². The summed E-state index contributed by atoms with van der Waals surface area (Å²) in [5, 5.41) is 12.2. The molecule has 1 aliphatic heterocycles. The highest BCUT2D eigenvalue weighted by Gasteiger charge is 2.29. The lowest BCUT2D eigenvalue weighted by Crippen LogP contribution is -2.39. The quantitative estimate of drug-likeness (QED) is 0.885. The Morgan fingerprint density at radius 3 is 2.75 bits per heavy atom. The number of aromatic nitrogens is 2. The monoisotopic (exact) mass is 324 g/mol. The van der Waals surface area contributed by atoms with Gasteiger partial charge in [-0.3, -0.25) is 0 Å². The number of anilines is 2. The molecule has 5 nitrogen and oxygen atoms in total. The smallest absolute Gasteiger partial charge is 0.224 e. The summed E-state index contributed by atoms with van der Waals surface area (Å²) < 4.78 is 0. The first kappa shape index (κ1) is 15.4. The number of aliphatic hydroxyl groups excluding tert-OH is 1. The average molecular weight is 324 g/mol. The van der Waals surface area contributed by atoms with E-state index in [1.165, 1.54) is 24.0 Å². The Labute approximate surface area is 142 Å². The summed E-state index contributed by atoms with van der Waals surface area (Å²) >= 11 is 0. The highest BCUT2D eigenvalue weighted by atomic mass is 16.3. The number of nitrogens with zero attached hydrogens (tertiary/aromatic N) is 3. The van der Waals surface area contributed by atoms with Gasteiger partial charge in [-0.15, -0.1) is 0 Å². The molecule has 2 aromatic rings. The van der Waals surface area contributed by atoms with Crippen LogP contribution in [-0.2, 0) is 13.0 Å². The molecule has 0 bridgehead atoms. The molecule has 0 unspecified atom stereocenters. The Balaban J connectivity index is 1.66. The molecule has 1 aliphatic carbocycles. The molecule has 0 spiro atoms. The summed E-state index contributed by atoms with van der Waals surface area (Å²) in [6.45, 7) is 3.71. The molecule has 1 aromatic carbocycles. The number of aliphatic hydroxyl groups is 1. The van der Waals surface area contributed by atoms with Crippen LogP contribution in [0.3, 0.4) is 0 Å². The Morgan fingerprint density at radius 1 is 1.21 bits per heavy atom. The second-order valence-corrected chi connectivity index (χ2v) is 6.85. The van der Waals surface area contributed by atoms with Crippen LogP contribution in [0.1, 0.15) is 42.5 Å². The molecule has 126 valence electrons.